The Balaban J connectivity index is 1.87. The second-order valence-corrected chi connectivity index (χ2v) is 6.18. The SMILES string of the molecule is FC12C3C4C1C1C2C3C41Br. The fourth-order valence-electron chi connectivity index (χ4n) is 5.26. The Morgan fingerprint density at radius 3 is 1.60 bits per heavy atom. The molecule has 0 heterocycles. The van der Waals surface area contributed by atoms with Crippen molar-refractivity contribution in [3.05, 3.63) is 0 Å². The van der Waals surface area contributed by atoms with E-state index < -0.39 is 5.67 Å². The van der Waals surface area contributed by atoms with E-state index in [2.05, 4.69) is 15.9 Å². The zero-order valence-corrected chi connectivity index (χ0v) is 6.81. The summed E-state index contributed by atoms with van der Waals surface area (Å²) >= 11 is 3.78. The van der Waals surface area contributed by atoms with Crippen LogP contribution >= 0.6 is 15.9 Å². The van der Waals surface area contributed by atoms with Crippen molar-refractivity contribution in [2.24, 2.45) is 35.5 Å². The number of alkyl halides is 2. The minimum absolute atomic E-state index is 0.515. The normalized spacial score (nSPS) is 104. The van der Waals surface area contributed by atoms with Crippen LogP contribution in [0.1, 0.15) is 0 Å². The van der Waals surface area contributed by atoms with Gasteiger partial charge in [0.15, 0.2) is 0 Å². The van der Waals surface area contributed by atoms with Crippen molar-refractivity contribution in [1.29, 1.82) is 0 Å². The smallest absolute Gasteiger partial charge is 0.121 e. The minimum Gasteiger partial charge on any atom is -0.243 e. The highest BCUT2D eigenvalue weighted by atomic mass is 79.9. The van der Waals surface area contributed by atoms with Gasteiger partial charge in [-0.25, -0.2) is 4.39 Å². The zero-order valence-electron chi connectivity index (χ0n) is 5.22. The molecule has 6 fully saturated rings. The first kappa shape index (κ1) is 4.44. The largest absolute Gasteiger partial charge is 0.243 e. The van der Waals surface area contributed by atoms with E-state index in [1.165, 1.54) is 0 Å². The van der Waals surface area contributed by atoms with Crippen molar-refractivity contribution in [2.45, 2.75) is 9.99 Å². The van der Waals surface area contributed by atoms with Gasteiger partial charge in [-0.05, 0) is 17.8 Å². The third kappa shape index (κ3) is 0.127. The van der Waals surface area contributed by atoms with Crippen LogP contribution in [-0.2, 0) is 0 Å². The fraction of sp³-hybridized carbons (Fsp3) is 1.00. The molecule has 0 atom stereocenters. The summed E-state index contributed by atoms with van der Waals surface area (Å²) in [6.07, 6.45) is 0. The Bertz CT molecular complexity index is 214. The molecular weight excluding hydrogens is 195 g/mol. The molecule has 6 aliphatic rings. The second kappa shape index (κ2) is 0.720. The molecule has 0 aliphatic heterocycles. The molecule has 0 saturated heterocycles. The van der Waals surface area contributed by atoms with E-state index in [1.807, 2.05) is 0 Å². The molecular formula is C8H6BrF. The van der Waals surface area contributed by atoms with Gasteiger partial charge in [-0.1, -0.05) is 15.9 Å². The van der Waals surface area contributed by atoms with E-state index in [4.69, 9.17) is 0 Å². The lowest BCUT2D eigenvalue weighted by molar-refractivity contribution is -0.584. The molecule has 0 spiro atoms. The quantitative estimate of drug-likeness (QED) is 0.522. The van der Waals surface area contributed by atoms with E-state index in [1.54, 1.807) is 0 Å². The molecule has 2 heteroatoms. The first-order valence-electron chi connectivity index (χ1n) is 4.11. The third-order valence-electron chi connectivity index (χ3n) is 5.39. The maximum absolute atomic E-state index is 13.6. The molecule has 0 aromatic heterocycles. The van der Waals surface area contributed by atoms with Crippen LogP contribution in [0.5, 0.6) is 0 Å². The number of rotatable bonds is 0. The van der Waals surface area contributed by atoms with Crippen LogP contribution in [0.3, 0.4) is 0 Å². The lowest BCUT2D eigenvalue weighted by Gasteiger charge is -3.07. The van der Waals surface area contributed by atoms with Gasteiger partial charge in [0, 0.05) is 22.1 Å². The average molecular weight is 201 g/mol. The van der Waals surface area contributed by atoms with Crippen LogP contribution < -0.4 is 0 Å². The summed E-state index contributed by atoms with van der Waals surface area (Å²) in [5.74, 6) is 3.97. The maximum atomic E-state index is 13.6. The molecule has 6 aliphatic carbocycles. The zero-order chi connectivity index (χ0) is 6.46. The Hall–Kier alpha value is 0.410. The molecule has 0 amide bonds. The van der Waals surface area contributed by atoms with Gasteiger partial charge in [-0.15, -0.1) is 0 Å². The Morgan fingerprint density at radius 1 is 0.900 bits per heavy atom. The van der Waals surface area contributed by atoms with Crippen LogP contribution in [-0.4, -0.2) is 9.99 Å². The Labute approximate surface area is 66.3 Å². The molecule has 0 radical (unpaired) electrons. The predicted molar refractivity (Wildman–Crippen MR) is 36.4 cm³/mol. The van der Waals surface area contributed by atoms with Gasteiger partial charge < -0.3 is 0 Å². The lowest BCUT2D eigenvalue weighted by atomic mass is 9.00. The van der Waals surface area contributed by atoms with Crippen molar-refractivity contribution in [3.63, 3.8) is 0 Å². The van der Waals surface area contributed by atoms with Crippen LogP contribution in [0, 0.1) is 35.5 Å². The van der Waals surface area contributed by atoms with Gasteiger partial charge in [0.2, 0.25) is 0 Å². The summed E-state index contributed by atoms with van der Waals surface area (Å²) in [5, 5.41) is 0. The van der Waals surface area contributed by atoms with E-state index in [9.17, 15) is 4.39 Å². The highest BCUT2D eigenvalue weighted by Gasteiger charge is 3.11. The highest BCUT2D eigenvalue weighted by molar-refractivity contribution is 9.10. The highest BCUT2D eigenvalue weighted by Crippen LogP contribution is 3.06. The summed E-state index contributed by atoms with van der Waals surface area (Å²) in [7, 11) is 0. The molecule has 10 heavy (non-hydrogen) atoms. The summed E-state index contributed by atoms with van der Waals surface area (Å²) in [6.45, 7) is 0. The summed E-state index contributed by atoms with van der Waals surface area (Å²) in [4.78, 5) is 0. The summed E-state index contributed by atoms with van der Waals surface area (Å²) < 4.78 is 14.1. The monoisotopic (exact) mass is 200 g/mol. The van der Waals surface area contributed by atoms with Gasteiger partial charge in [-0.2, -0.15) is 0 Å². The van der Waals surface area contributed by atoms with Crippen LogP contribution in [0.2, 0.25) is 0 Å². The summed E-state index contributed by atoms with van der Waals surface area (Å²) in [6, 6.07) is 0. The Kier molecular flexibility index (Phi) is 0.319. The maximum Gasteiger partial charge on any atom is 0.121 e. The molecule has 6 rings (SSSR count). The van der Waals surface area contributed by atoms with Crippen molar-refractivity contribution in [2.75, 3.05) is 0 Å². The van der Waals surface area contributed by atoms with Crippen molar-refractivity contribution in [1.82, 2.24) is 0 Å². The fourth-order valence-corrected chi connectivity index (χ4v) is 6.97. The van der Waals surface area contributed by atoms with Crippen LogP contribution in [0.15, 0.2) is 0 Å². The number of hydrogen-bond donors (Lipinski definition) is 0. The van der Waals surface area contributed by atoms with Crippen molar-refractivity contribution in [3.8, 4) is 0 Å². The lowest BCUT2D eigenvalue weighted by Crippen LogP contribution is -3.13. The number of halogens is 2. The Morgan fingerprint density at radius 2 is 1.30 bits per heavy atom. The molecule has 0 unspecified atom stereocenters. The molecule has 6 saturated carbocycles. The van der Waals surface area contributed by atoms with Crippen molar-refractivity contribution >= 4 is 15.9 Å². The van der Waals surface area contributed by atoms with Crippen LogP contribution in [0.4, 0.5) is 4.39 Å². The number of hydrogen-bond acceptors (Lipinski definition) is 0. The predicted octanol–water partition coefficient (Wildman–Crippen LogP) is 1.59. The third-order valence-corrected chi connectivity index (χ3v) is 6.97. The molecule has 0 aromatic carbocycles. The van der Waals surface area contributed by atoms with Gasteiger partial charge in [0.05, 0.1) is 0 Å². The molecule has 0 bridgehead atoms. The van der Waals surface area contributed by atoms with E-state index >= 15 is 0 Å². The van der Waals surface area contributed by atoms with Gasteiger partial charge in [-0.3, -0.25) is 0 Å². The summed E-state index contributed by atoms with van der Waals surface area (Å²) in [5.41, 5.74) is -0.588. The minimum atomic E-state index is -0.588. The molecule has 0 N–H and O–H groups in total. The first-order chi connectivity index (χ1) is 4.73. The molecule has 52 valence electrons. The average Bonchev–Trinajstić information content (AvgIpc) is 1.99. The standard InChI is InChI=1S/C8H6BrF/c9-7-1-4-2(7)6-3(7)5(1)8(4,6)10/h1-6H. The van der Waals surface area contributed by atoms with E-state index in [0.29, 0.717) is 22.1 Å². The van der Waals surface area contributed by atoms with Gasteiger partial charge in [0.1, 0.15) is 5.67 Å². The van der Waals surface area contributed by atoms with E-state index in [0.717, 1.165) is 17.8 Å². The molecule has 0 nitrogen and oxygen atoms in total. The molecule has 0 aromatic rings. The van der Waals surface area contributed by atoms with E-state index in [-0.39, 0.29) is 0 Å². The van der Waals surface area contributed by atoms with Crippen molar-refractivity contribution < 1.29 is 4.39 Å². The topological polar surface area (TPSA) is 0 Å². The van der Waals surface area contributed by atoms with Gasteiger partial charge >= 0.3 is 0 Å². The first-order valence-corrected chi connectivity index (χ1v) is 4.90. The van der Waals surface area contributed by atoms with Gasteiger partial charge in [0.25, 0.3) is 0 Å². The second-order valence-electron chi connectivity index (χ2n) is 4.81. The van der Waals surface area contributed by atoms with Crippen LogP contribution in [0.25, 0.3) is 0 Å².